The van der Waals surface area contributed by atoms with Gasteiger partial charge in [0.05, 0.1) is 6.10 Å². The summed E-state index contributed by atoms with van der Waals surface area (Å²) in [6.45, 7) is 0. The molecule has 2 aliphatic rings. The van der Waals surface area contributed by atoms with Crippen LogP contribution < -0.4 is 5.73 Å². The van der Waals surface area contributed by atoms with Gasteiger partial charge in [-0.2, -0.15) is 4.31 Å². The summed E-state index contributed by atoms with van der Waals surface area (Å²) in [5.41, 5.74) is 5.15. The first-order valence-corrected chi connectivity index (χ1v) is 8.21. The summed E-state index contributed by atoms with van der Waals surface area (Å²) in [7, 11) is -4.28. The lowest BCUT2D eigenvalue weighted by atomic mass is 10.0. The molecule has 1 aromatic carbocycles. The molecule has 21 heavy (non-hydrogen) atoms. The number of benzene rings is 1. The molecule has 2 saturated heterocycles. The number of anilines is 1. The topological polar surface area (TPSA) is 83.6 Å². The highest BCUT2D eigenvalue weighted by Crippen LogP contribution is 2.40. The molecule has 2 aliphatic heterocycles. The molecule has 2 atom stereocenters. The van der Waals surface area contributed by atoms with Crippen LogP contribution in [0.15, 0.2) is 17.0 Å². The number of piperidine rings is 1. The molecule has 3 N–H and O–H groups in total. The van der Waals surface area contributed by atoms with Crippen LogP contribution >= 0.6 is 0 Å². The number of nitrogens with two attached hydrogens (primary N) is 1. The fourth-order valence-corrected chi connectivity index (χ4v) is 5.42. The van der Waals surface area contributed by atoms with E-state index in [1.165, 1.54) is 0 Å². The summed E-state index contributed by atoms with van der Waals surface area (Å²) in [6, 6.07) is 0.799. The Hall–Kier alpha value is -1.25. The van der Waals surface area contributed by atoms with Gasteiger partial charge in [-0.3, -0.25) is 0 Å². The van der Waals surface area contributed by atoms with E-state index in [1.54, 1.807) is 0 Å². The summed E-state index contributed by atoms with van der Waals surface area (Å²) < 4.78 is 54.3. The van der Waals surface area contributed by atoms with Crippen LogP contribution in [0.1, 0.15) is 25.7 Å². The molecule has 2 bridgehead atoms. The molecule has 2 fully saturated rings. The predicted molar refractivity (Wildman–Crippen MR) is 71.8 cm³/mol. The van der Waals surface area contributed by atoms with Crippen molar-refractivity contribution in [3.63, 3.8) is 0 Å². The van der Waals surface area contributed by atoms with E-state index in [-0.39, 0.29) is 5.69 Å². The first kappa shape index (κ1) is 14.7. The lowest BCUT2D eigenvalue weighted by Crippen LogP contribution is -2.48. The van der Waals surface area contributed by atoms with E-state index in [1.807, 2.05) is 0 Å². The van der Waals surface area contributed by atoms with Gasteiger partial charge in [-0.25, -0.2) is 17.2 Å². The second-order valence-electron chi connectivity index (χ2n) is 5.66. The van der Waals surface area contributed by atoms with Gasteiger partial charge >= 0.3 is 0 Å². The van der Waals surface area contributed by atoms with Crippen LogP contribution in [0.5, 0.6) is 0 Å². The summed E-state index contributed by atoms with van der Waals surface area (Å²) in [6.07, 6.45) is 1.23. The van der Waals surface area contributed by atoms with Gasteiger partial charge in [0.1, 0.15) is 11.6 Å². The summed E-state index contributed by atoms with van der Waals surface area (Å²) in [5.74, 6) is -2.36. The Kier molecular flexibility index (Phi) is 3.42. The van der Waals surface area contributed by atoms with Gasteiger partial charge in [0.25, 0.3) is 0 Å². The first-order valence-electron chi connectivity index (χ1n) is 6.77. The Bertz CT molecular complexity index is 643. The van der Waals surface area contributed by atoms with Crippen molar-refractivity contribution in [3.8, 4) is 0 Å². The number of hydrogen-bond acceptors (Lipinski definition) is 4. The zero-order chi connectivity index (χ0) is 15.4. The number of halogens is 2. The van der Waals surface area contributed by atoms with Crippen molar-refractivity contribution in [3.05, 3.63) is 23.8 Å². The Morgan fingerprint density at radius 1 is 1.14 bits per heavy atom. The van der Waals surface area contributed by atoms with Crippen molar-refractivity contribution < 1.29 is 22.3 Å². The van der Waals surface area contributed by atoms with Crippen LogP contribution in [0.25, 0.3) is 0 Å². The van der Waals surface area contributed by atoms with Gasteiger partial charge in [-0.15, -0.1) is 0 Å². The maximum Gasteiger partial charge on any atom is 0.249 e. The minimum Gasteiger partial charge on any atom is -0.399 e. The van der Waals surface area contributed by atoms with Gasteiger partial charge in [0, 0.05) is 17.8 Å². The number of sulfonamides is 1. The molecule has 0 aliphatic carbocycles. The largest absolute Gasteiger partial charge is 0.399 e. The SMILES string of the molecule is Nc1cc(F)c(S(=O)(=O)N2C3CCC2CC(O)C3)c(F)c1. The highest BCUT2D eigenvalue weighted by molar-refractivity contribution is 7.89. The normalized spacial score (nSPS) is 29.8. The molecule has 0 spiro atoms. The van der Waals surface area contributed by atoms with Crippen LogP contribution in [0.4, 0.5) is 14.5 Å². The van der Waals surface area contributed by atoms with Crippen molar-refractivity contribution in [1.82, 2.24) is 4.31 Å². The Morgan fingerprint density at radius 3 is 2.10 bits per heavy atom. The molecule has 5 nitrogen and oxygen atoms in total. The molecular formula is C13H16F2N2O3S. The molecule has 0 amide bonds. The number of hydrogen-bond donors (Lipinski definition) is 2. The molecule has 2 heterocycles. The molecular weight excluding hydrogens is 302 g/mol. The molecule has 3 rings (SSSR count). The lowest BCUT2D eigenvalue weighted by molar-refractivity contribution is 0.0767. The van der Waals surface area contributed by atoms with E-state index < -0.39 is 44.7 Å². The molecule has 2 unspecified atom stereocenters. The number of aliphatic hydroxyl groups excluding tert-OH is 1. The average Bonchev–Trinajstić information content (AvgIpc) is 2.61. The first-order chi connectivity index (χ1) is 9.80. The van der Waals surface area contributed by atoms with Gasteiger partial charge in [0.15, 0.2) is 4.90 Å². The summed E-state index contributed by atoms with van der Waals surface area (Å²) in [4.78, 5) is -0.954. The standard InChI is InChI=1S/C13H16F2N2O3S/c14-11-3-7(16)4-12(15)13(11)21(19,20)17-8-1-2-9(17)6-10(18)5-8/h3-4,8-10,18H,1-2,5-6,16H2. The third-order valence-electron chi connectivity index (χ3n) is 4.20. The van der Waals surface area contributed by atoms with E-state index in [9.17, 15) is 22.3 Å². The van der Waals surface area contributed by atoms with Crippen LogP contribution in [0.2, 0.25) is 0 Å². The number of fused-ring (bicyclic) bond motifs is 2. The van der Waals surface area contributed by atoms with Crippen LogP contribution in [-0.4, -0.2) is 36.0 Å². The highest BCUT2D eigenvalue weighted by Gasteiger charge is 2.48. The van der Waals surface area contributed by atoms with Crippen molar-refractivity contribution >= 4 is 15.7 Å². The fourth-order valence-electron chi connectivity index (χ4n) is 3.43. The third-order valence-corrected chi connectivity index (χ3v) is 6.25. The molecule has 0 radical (unpaired) electrons. The second kappa shape index (κ2) is 4.89. The second-order valence-corrected chi connectivity index (χ2v) is 7.44. The Morgan fingerprint density at radius 2 is 1.62 bits per heavy atom. The number of rotatable bonds is 2. The minimum absolute atomic E-state index is 0.166. The summed E-state index contributed by atoms with van der Waals surface area (Å²) >= 11 is 0. The van der Waals surface area contributed by atoms with Crippen molar-refractivity contribution in [1.29, 1.82) is 0 Å². The molecule has 0 saturated carbocycles. The number of nitrogens with zero attached hydrogens (tertiary/aromatic N) is 1. The van der Waals surface area contributed by atoms with Crippen LogP contribution in [0, 0.1) is 11.6 Å². The van der Waals surface area contributed by atoms with Gasteiger partial charge in [-0.05, 0) is 37.8 Å². The van der Waals surface area contributed by atoms with Crippen LogP contribution in [0.3, 0.4) is 0 Å². The zero-order valence-corrected chi connectivity index (χ0v) is 12.0. The molecule has 8 heteroatoms. The third kappa shape index (κ3) is 2.31. The van der Waals surface area contributed by atoms with E-state index in [4.69, 9.17) is 5.73 Å². The minimum atomic E-state index is -4.28. The summed E-state index contributed by atoms with van der Waals surface area (Å²) in [5, 5.41) is 9.70. The van der Waals surface area contributed by atoms with E-state index in [0.29, 0.717) is 25.7 Å². The Balaban J connectivity index is 2.06. The zero-order valence-electron chi connectivity index (χ0n) is 11.2. The maximum absolute atomic E-state index is 13.9. The van der Waals surface area contributed by atoms with E-state index in [2.05, 4.69) is 0 Å². The van der Waals surface area contributed by atoms with Gasteiger partial charge in [0.2, 0.25) is 10.0 Å². The maximum atomic E-state index is 13.9. The van der Waals surface area contributed by atoms with Crippen molar-refractivity contribution in [2.45, 2.75) is 48.8 Å². The van der Waals surface area contributed by atoms with Crippen molar-refractivity contribution in [2.24, 2.45) is 0 Å². The predicted octanol–water partition coefficient (Wildman–Crippen LogP) is 1.22. The number of aliphatic hydroxyl groups is 1. The van der Waals surface area contributed by atoms with Gasteiger partial charge in [-0.1, -0.05) is 0 Å². The number of nitrogen functional groups attached to an aromatic ring is 1. The smallest absolute Gasteiger partial charge is 0.249 e. The molecule has 116 valence electrons. The van der Waals surface area contributed by atoms with Gasteiger partial charge < -0.3 is 10.8 Å². The molecule has 0 aromatic heterocycles. The average molecular weight is 318 g/mol. The van der Waals surface area contributed by atoms with E-state index in [0.717, 1.165) is 16.4 Å². The van der Waals surface area contributed by atoms with Crippen LogP contribution in [-0.2, 0) is 10.0 Å². The van der Waals surface area contributed by atoms with Crippen molar-refractivity contribution in [2.75, 3.05) is 5.73 Å². The van der Waals surface area contributed by atoms with E-state index >= 15 is 0 Å². The highest BCUT2D eigenvalue weighted by atomic mass is 32.2. The fraction of sp³-hybridized carbons (Fsp3) is 0.538. The molecule has 1 aromatic rings. The Labute approximate surface area is 121 Å². The lowest BCUT2D eigenvalue weighted by Gasteiger charge is -2.36. The quantitative estimate of drug-likeness (QED) is 0.803. The monoisotopic (exact) mass is 318 g/mol.